The molecule has 7 nitrogen and oxygen atoms in total. The number of guanidine groups is 1. The lowest BCUT2D eigenvalue weighted by Gasteiger charge is -2.33. The number of hydrogen-bond acceptors (Lipinski definition) is 5. The Bertz CT molecular complexity index is 468. The van der Waals surface area contributed by atoms with Crippen LogP contribution in [-0.2, 0) is 19.4 Å². The molecule has 1 rings (SSSR count). The first-order valence-corrected chi connectivity index (χ1v) is 9.14. The summed E-state index contributed by atoms with van der Waals surface area (Å²) in [5, 5.41) is 3.17. The number of likely N-dealkylation sites (tertiary alicyclic amines) is 1. The van der Waals surface area contributed by atoms with Crippen molar-refractivity contribution in [1.29, 1.82) is 0 Å². The fourth-order valence-corrected chi connectivity index (χ4v) is 3.03. The lowest BCUT2D eigenvalue weighted by molar-refractivity contribution is -0.146. The average Bonchev–Trinajstić information content (AvgIpc) is 2.46. The molecule has 122 valence electrons. The molecule has 0 saturated carbocycles. The van der Waals surface area contributed by atoms with E-state index in [2.05, 4.69) is 15.2 Å². The van der Waals surface area contributed by atoms with Crippen molar-refractivity contribution >= 4 is 21.8 Å². The van der Waals surface area contributed by atoms with E-state index < -0.39 is 9.84 Å². The van der Waals surface area contributed by atoms with Crippen LogP contribution in [0.15, 0.2) is 4.99 Å². The molecule has 1 saturated heterocycles. The van der Waals surface area contributed by atoms with Crippen molar-refractivity contribution in [2.75, 3.05) is 45.8 Å². The van der Waals surface area contributed by atoms with E-state index in [1.165, 1.54) is 13.4 Å². The minimum atomic E-state index is -2.92. The van der Waals surface area contributed by atoms with Crippen LogP contribution in [0.1, 0.15) is 19.3 Å². The number of sulfone groups is 1. The summed E-state index contributed by atoms with van der Waals surface area (Å²) in [5.41, 5.74) is 0. The zero-order valence-electron chi connectivity index (χ0n) is 13.0. The van der Waals surface area contributed by atoms with E-state index in [1.54, 1.807) is 7.05 Å². The van der Waals surface area contributed by atoms with Crippen molar-refractivity contribution in [2.45, 2.75) is 19.3 Å². The molecule has 1 N–H and O–H groups in total. The highest BCUT2D eigenvalue weighted by atomic mass is 32.2. The molecule has 0 amide bonds. The van der Waals surface area contributed by atoms with Crippen LogP contribution in [0.25, 0.3) is 0 Å². The van der Waals surface area contributed by atoms with Gasteiger partial charge in [-0.2, -0.15) is 0 Å². The van der Waals surface area contributed by atoms with E-state index in [4.69, 9.17) is 4.74 Å². The number of aliphatic imine (C=N–C) groups is 1. The van der Waals surface area contributed by atoms with Gasteiger partial charge in [0.25, 0.3) is 0 Å². The number of nitrogens with zero attached hydrogens (tertiary/aromatic N) is 2. The normalized spacial score (nSPS) is 17.7. The van der Waals surface area contributed by atoms with Crippen molar-refractivity contribution in [3.8, 4) is 0 Å². The monoisotopic (exact) mass is 319 g/mol. The Morgan fingerprint density at radius 1 is 1.38 bits per heavy atom. The molecule has 0 spiro atoms. The second-order valence-electron chi connectivity index (χ2n) is 5.24. The predicted octanol–water partition coefficient (Wildman–Crippen LogP) is -0.118. The van der Waals surface area contributed by atoms with Gasteiger partial charge in [-0.1, -0.05) is 0 Å². The van der Waals surface area contributed by atoms with Crippen LogP contribution in [0.5, 0.6) is 0 Å². The third-order valence-electron chi connectivity index (χ3n) is 3.52. The third-order valence-corrected chi connectivity index (χ3v) is 4.55. The average molecular weight is 319 g/mol. The number of rotatable bonds is 5. The number of carbonyl (C=O) groups excluding carboxylic acids is 1. The number of nitrogens with one attached hydrogen (secondary N) is 1. The maximum atomic E-state index is 11.5. The van der Waals surface area contributed by atoms with Crippen LogP contribution in [0.3, 0.4) is 0 Å². The zero-order valence-corrected chi connectivity index (χ0v) is 13.8. The maximum Gasteiger partial charge on any atom is 0.308 e. The number of piperidine rings is 1. The van der Waals surface area contributed by atoms with Gasteiger partial charge in [0.2, 0.25) is 0 Å². The molecule has 0 aromatic heterocycles. The number of ether oxygens (including phenoxy) is 1. The summed E-state index contributed by atoms with van der Waals surface area (Å²) < 4.78 is 26.9. The first kappa shape index (κ1) is 17.7. The highest BCUT2D eigenvalue weighted by molar-refractivity contribution is 7.90. The van der Waals surface area contributed by atoms with Gasteiger partial charge in [0.1, 0.15) is 9.84 Å². The zero-order chi connectivity index (χ0) is 15.9. The second kappa shape index (κ2) is 8.21. The molecule has 0 aromatic rings. The smallest absolute Gasteiger partial charge is 0.308 e. The van der Waals surface area contributed by atoms with E-state index >= 15 is 0 Å². The fourth-order valence-electron chi connectivity index (χ4n) is 2.36. The molecule has 0 aliphatic carbocycles. The minimum Gasteiger partial charge on any atom is -0.469 e. The Morgan fingerprint density at radius 3 is 2.48 bits per heavy atom. The van der Waals surface area contributed by atoms with Crippen LogP contribution in [0.2, 0.25) is 0 Å². The van der Waals surface area contributed by atoms with Crippen molar-refractivity contribution in [2.24, 2.45) is 10.9 Å². The Kier molecular flexibility index (Phi) is 6.94. The van der Waals surface area contributed by atoms with E-state index in [9.17, 15) is 13.2 Å². The summed E-state index contributed by atoms with van der Waals surface area (Å²) in [7, 11) is 0.195. The summed E-state index contributed by atoms with van der Waals surface area (Å²) in [6, 6.07) is 0. The number of methoxy groups -OCH3 is 1. The summed E-state index contributed by atoms with van der Waals surface area (Å²) in [5.74, 6) is 0.744. The third kappa shape index (κ3) is 6.33. The Balaban J connectivity index is 2.36. The summed E-state index contributed by atoms with van der Waals surface area (Å²) in [6.45, 7) is 2.05. The highest BCUT2D eigenvalue weighted by Gasteiger charge is 2.26. The van der Waals surface area contributed by atoms with Gasteiger partial charge in [-0.05, 0) is 19.3 Å². The number of carbonyl (C=O) groups is 1. The maximum absolute atomic E-state index is 11.5. The van der Waals surface area contributed by atoms with Crippen LogP contribution < -0.4 is 5.32 Å². The van der Waals surface area contributed by atoms with Gasteiger partial charge in [0.05, 0.1) is 18.8 Å². The van der Waals surface area contributed by atoms with Crippen LogP contribution >= 0.6 is 0 Å². The van der Waals surface area contributed by atoms with Crippen molar-refractivity contribution in [3.63, 3.8) is 0 Å². The largest absolute Gasteiger partial charge is 0.469 e. The molecule has 21 heavy (non-hydrogen) atoms. The molecule has 0 bridgehead atoms. The molecule has 1 aliphatic rings. The van der Waals surface area contributed by atoms with Gasteiger partial charge in [0, 0.05) is 32.9 Å². The van der Waals surface area contributed by atoms with Crippen molar-refractivity contribution < 1.29 is 17.9 Å². The number of esters is 1. The van der Waals surface area contributed by atoms with Crippen LogP contribution in [-0.4, -0.2) is 71.0 Å². The standard InChI is InChI=1S/C13H25N3O4S/c1-14-13(15-7-4-10-21(3,18)19)16-8-5-11(6-9-16)12(17)20-2/h11H,4-10H2,1-3H3,(H,14,15). The van der Waals surface area contributed by atoms with Crippen LogP contribution in [0.4, 0.5) is 0 Å². The first-order valence-electron chi connectivity index (χ1n) is 7.08. The highest BCUT2D eigenvalue weighted by Crippen LogP contribution is 2.18. The molecular weight excluding hydrogens is 294 g/mol. The minimum absolute atomic E-state index is 0.0328. The Hall–Kier alpha value is -1.31. The molecule has 1 fully saturated rings. The van der Waals surface area contributed by atoms with E-state index in [1.807, 2.05) is 0 Å². The van der Waals surface area contributed by atoms with E-state index in [0.29, 0.717) is 13.0 Å². The van der Waals surface area contributed by atoms with Gasteiger partial charge in [-0.15, -0.1) is 0 Å². The van der Waals surface area contributed by atoms with Gasteiger partial charge < -0.3 is 15.0 Å². The number of hydrogen-bond donors (Lipinski definition) is 1. The Morgan fingerprint density at radius 2 is 2.00 bits per heavy atom. The molecular formula is C13H25N3O4S. The van der Waals surface area contributed by atoms with Gasteiger partial charge in [0.15, 0.2) is 5.96 Å². The molecule has 1 heterocycles. The summed E-state index contributed by atoms with van der Waals surface area (Å²) in [6.07, 6.45) is 3.28. The fraction of sp³-hybridized carbons (Fsp3) is 0.846. The lowest BCUT2D eigenvalue weighted by Crippen LogP contribution is -2.47. The lowest BCUT2D eigenvalue weighted by atomic mass is 9.97. The quantitative estimate of drug-likeness (QED) is 0.329. The molecule has 0 unspecified atom stereocenters. The summed E-state index contributed by atoms with van der Waals surface area (Å²) in [4.78, 5) is 17.8. The molecule has 8 heteroatoms. The molecule has 0 atom stereocenters. The van der Waals surface area contributed by atoms with Gasteiger partial charge in [-0.3, -0.25) is 9.79 Å². The van der Waals surface area contributed by atoms with Gasteiger partial charge in [-0.25, -0.2) is 8.42 Å². The van der Waals surface area contributed by atoms with E-state index in [0.717, 1.165) is 31.9 Å². The van der Waals surface area contributed by atoms with Crippen LogP contribution in [0, 0.1) is 5.92 Å². The van der Waals surface area contributed by atoms with Gasteiger partial charge >= 0.3 is 5.97 Å². The van der Waals surface area contributed by atoms with E-state index in [-0.39, 0.29) is 17.6 Å². The Labute approximate surface area is 126 Å². The molecule has 0 aromatic carbocycles. The second-order valence-corrected chi connectivity index (χ2v) is 7.50. The molecule has 0 radical (unpaired) electrons. The van der Waals surface area contributed by atoms with Crippen molar-refractivity contribution in [1.82, 2.24) is 10.2 Å². The predicted molar refractivity (Wildman–Crippen MR) is 82.0 cm³/mol. The van der Waals surface area contributed by atoms with Crippen molar-refractivity contribution in [3.05, 3.63) is 0 Å². The first-order chi connectivity index (χ1) is 9.87. The molecule has 1 aliphatic heterocycles. The SMILES string of the molecule is CN=C(NCCCS(C)(=O)=O)N1CCC(C(=O)OC)CC1. The topological polar surface area (TPSA) is 88.1 Å². The summed E-state index contributed by atoms with van der Waals surface area (Å²) >= 11 is 0.